The van der Waals surface area contributed by atoms with Crippen LogP contribution in [0.25, 0.3) is 6.08 Å². The summed E-state index contributed by atoms with van der Waals surface area (Å²) in [5.41, 5.74) is 1.62. The number of nitrogens with zero attached hydrogens (tertiary/aromatic N) is 1. The lowest BCUT2D eigenvalue weighted by Gasteiger charge is -2.22. The molecule has 0 radical (unpaired) electrons. The molecule has 0 aliphatic heterocycles. The van der Waals surface area contributed by atoms with Crippen molar-refractivity contribution >= 4 is 12.0 Å². The fourth-order valence-electron chi connectivity index (χ4n) is 2.48. The Hall–Kier alpha value is -1.68. The highest BCUT2D eigenvalue weighted by Crippen LogP contribution is 2.30. The van der Waals surface area contributed by atoms with Gasteiger partial charge in [0, 0.05) is 19.2 Å². The molecule has 1 N–H and O–H groups in total. The molecule has 3 nitrogen and oxygen atoms in total. The van der Waals surface area contributed by atoms with Crippen molar-refractivity contribution < 1.29 is 14.3 Å². The monoisotopic (exact) mass is 291 g/mol. The molecule has 0 atom stereocenters. The SMILES string of the molecule is CCCN(Cc1ccc(F)cc1C=CC(=O)O)CC1CC1. The predicted octanol–water partition coefficient (Wildman–Crippen LogP) is 3.55. The van der Waals surface area contributed by atoms with Crippen LogP contribution in [-0.2, 0) is 11.3 Å². The summed E-state index contributed by atoms with van der Waals surface area (Å²) in [7, 11) is 0. The third kappa shape index (κ3) is 5.31. The minimum atomic E-state index is -1.02. The number of benzene rings is 1. The molecular weight excluding hydrogens is 269 g/mol. The lowest BCUT2D eigenvalue weighted by Crippen LogP contribution is -2.26. The van der Waals surface area contributed by atoms with Crippen LogP contribution in [0.1, 0.15) is 37.3 Å². The quantitative estimate of drug-likeness (QED) is 0.745. The summed E-state index contributed by atoms with van der Waals surface area (Å²) in [4.78, 5) is 13.0. The second-order valence-corrected chi connectivity index (χ2v) is 5.69. The van der Waals surface area contributed by atoms with Crippen molar-refractivity contribution in [2.75, 3.05) is 13.1 Å². The van der Waals surface area contributed by atoms with E-state index >= 15 is 0 Å². The molecule has 0 amide bonds. The third-order valence-corrected chi connectivity index (χ3v) is 3.66. The molecule has 114 valence electrons. The molecule has 0 saturated heterocycles. The topological polar surface area (TPSA) is 40.5 Å². The van der Waals surface area contributed by atoms with Crippen molar-refractivity contribution in [1.29, 1.82) is 0 Å². The molecule has 2 rings (SSSR count). The Labute approximate surface area is 125 Å². The van der Waals surface area contributed by atoms with Crippen LogP contribution in [0, 0.1) is 11.7 Å². The highest BCUT2D eigenvalue weighted by atomic mass is 19.1. The van der Waals surface area contributed by atoms with Crippen molar-refractivity contribution in [3.05, 3.63) is 41.2 Å². The van der Waals surface area contributed by atoms with E-state index in [4.69, 9.17) is 5.11 Å². The van der Waals surface area contributed by atoms with Crippen LogP contribution in [0.3, 0.4) is 0 Å². The normalized spacial score (nSPS) is 15.0. The maximum atomic E-state index is 13.4. The van der Waals surface area contributed by atoms with Crippen LogP contribution >= 0.6 is 0 Å². The summed E-state index contributed by atoms with van der Waals surface area (Å²) >= 11 is 0. The Morgan fingerprint density at radius 1 is 1.48 bits per heavy atom. The standard InChI is InChI=1S/C17H22FNO2/c1-2-9-19(11-13-3-4-13)12-15-5-7-16(18)10-14(15)6-8-17(20)21/h5-8,10,13H,2-4,9,11-12H2,1H3,(H,20,21). The van der Waals surface area contributed by atoms with E-state index < -0.39 is 5.97 Å². The Kier molecular flexibility index (Phi) is 5.51. The van der Waals surface area contributed by atoms with Gasteiger partial charge in [-0.1, -0.05) is 13.0 Å². The first-order valence-corrected chi connectivity index (χ1v) is 7.50. The van der Waals surface area contributed by atoms with Crippen LogP contribution in [0.15, 0.2) is 24.3 Å². The third-order valence-electron chi connectivity index (χ3n) is 3.66. The fourth-order valence-corrected chi connectivity index (χ4v) is 2.48. The Morgan fingerprint density at radius 3 is 2.86 bits per heavy atom. The molecule has 4 heteroatoms. The van der Waals surface area contributed by atoms with Crippen LogP contribution in [-0.4, -0.2) is 29.1 Å². The first kappa shape index (κ1) is 15.7. The average Bonchev–Trinajstić information content (AvgIpc) is 3.23. The van der Waals surface area contributed by atoms with E-state index in [1.807, 2.05) is 0 Å². The molecule has 1 saturated carbocycles. The zero-order valence-electron chi connectivity index (χ0n) is 12.4. The van der Waals surface area contributed by atoms with E-state index in [0.717, 1.165) is 43.6 Å². The minimum absolute atomic E-state index is 0.340. The average molecular weight is 291 g/mol. The number of carboxylic acid groups (broad SMARTS) is 1. The van der Waals surface area contributed by atoms with Crippen LogP contribution in [0.4, 0.5) is 4.39 Å². The van der Waals surface area contributed by atoms with Gasteiger partial charge in [-0.2, -0.15) is 0 Å². The molecule has 1 aromatic rings. The molecule has 1 aliphatic carbocycles. The summed E-state index contributed by atoms with van der Waals surface area (Å²) in [5, 5.41) is 8.74. The molecule has 0 unspecified atom stereocenters. The molecule has 0 bridgehead atoms. The summed E-state index contributed by atoms with van der Waals surface area (Å²) in [6, 6.07) is 4.59. The van der Waals surface area contributed by atoms with E-state index in [9.17, 15) is 9.18 Å². The van der Waals surface area contributed by atoms with E-state index in [2.05, 4.69) is 11.8 Å². The lowest BCUT2D eigenvalue weighted by atomic mass is 10.1. The van der Waals surface area contributed by atoms with Crippen molar-refractivity contribution in [2.45, 2.75) is 32.7 Å². The molecule has 0 heterocycles. The molecule has 21 heavy (non-hydrogen) atoms. The maximum absolute atomic E-state index is 13.4. The van der Waals surface area contributed by atoms with Crippen LogP contribution < -0.4 is 0 Å². The zero-order chi connectivity index (χ0) is 15.2. The lowest BCUT2D eigenvalue weighted by molar-refractivity contribution is -0.131. The van der Waals surface area contributed by atoms with Gasteiger partial charge in [0.25, 0.3) is 0 Å². The van der Waals surface area contributed by atoms with Gasteiger partial charge in [0.05, 0.1) is 0 Å². The van der Waals surface area contributed by atoms with Gasteiger partial charge in [-0.05, 0) is 61.1 Å². The first-order chi connectivity index (χ1) is 10.1. The number of rotatable bonds is 8. The molecule has 1 fully saturated rings. The minimum Gasteiger partial charge on any atom is -0.478 e. The highest BCUT2D eigenvalue weighted by Gasteiger charge is 2.24. The highest BCUT2D eigenvalue weighted by molar-refractivity contribution is 5.85. The van der Waals surface area contributed by atoms with E-state index in [1.165, 1.54) is 31.1 Å². The van der Waals surface area contributed by atoms with Gasteiger partial charge in [0.15, 0.2) is 0 Å². The zero-order valence-corrected chi connectivity index (χ0v) is 12.4. The smallest absolute Gasteiger partial charge is 0.328 e. The number of carbonyl (C=O) groups is 1. The predicted molar refractivity (Wildman–Crippen MR) is 81.4 cm³/mol. The number of aliphatic carboxylic acids is 1. The van der Waals surface area contributed by atoms with E-state index in [0.29, 0.717) is 5.56 Å². The van der Waals surface area contributed by atoms with Gasteiger partial charge in [-0.15, -0.1) is 0 Å². The summed E-state index contributed by atoms with van der Waals surface area (Å²) in [5.74, 6) is -0.559. The summed E-state index contributed by atoms with van der Waals surface area (Å²) in [6.45, 7) is 4.98. The summed E-state index contributed by atoms with van der Waals surface area (Å²) < 4.78 is 13.4. The number of carboxylic acids is 1. The largest absolute Gasteiger partial charge is 0.478 e. The second-order valence-electron chi connectivity index (χ2n) is 5.69. The molecule has 0 aromatic heterocycles. The van der Waals surface area contributed by atoms with Gasteiger partial charge in [-0.3, -0.25) is 4.90 Å². The number of halogens is 1. The number of hydrogen-bond donors (Lipinski definition) is 1. The van der Waals surface area contributed by atoms with Crippen molar-refractivity contribution in [1.82, 2.24) is 4.90 Å². The van der Waals surface area contributed by atoms with Gasteiger partial charge in [0.2, 0.25) is 0 Å². The molecule has 1 aromatic carbocycles. The fraction of sp³-hybridized carbons (Fsp3) is 0.471. The van der Waals surface area contributed by atoms with Crippen LogP contribution in [0.5, 0.6) is 0 Å². The molecule has 1 aliphatic rings. The van der Waals surface area contributed by atoms with Crippen molar-refractivity contribution in [2.24, 2.45) is 5.92 Å². The Bertz CT molecular complexity index is 524. The maximum Gasteiger partial charge on any atom is 0.328 e. The van der Waals surface area contributed by atoms with Crippen molar-refractivity contribution in [3.8, 4) is 0 Å². The molecular formula is C17H22FNO2. The van der Waals surface area contributed by atoms with Gasteiger partial charge in [0.1, 0.15) is 5.82 Å². The Morgan fingerprint density at radius 2 is 2.24 bits per heavy atom. The summed E-state index contributed by atoms with van der Waals surface area (Å²) in [6.07, 6.45) is 6.21. The van der Waals surface area contributed by atoms with Gasteiger partial charge >= 0.3 is 5.97 Å². The Balaban J connectivity index is 2.13. The first-order valence-electron chi connectivity index (χ1n) is 7.50. The van der Waals surface area contributed by atoms with E-state index in [-0.39, 0.29) is 5.82 Å². The number of hydrogen-bond acceptors (Lipinski definition) is 2. The van der Waals surface area contributed by atoms with Gasteiger partial charge < -0.3 is 5.11 Å². The van der Waals surface area contributed by atoms with E-state index in [1.54, 1.807) is 6.07 Å². The van der Waals surface area contributed by atoms with Crippen molar-refractivity contribution in [3.63, 3.8) is 0 Å². The van der Waals surface area contributed by atoms with Gasteiger partial charge in [-0.25, -0.2) is 9.18 Å². The second kappa shape index (κ2) is 7.36. The van der Waals surface area contributed by atoms with Crippen LogP contribution in [0.2, 0.25) is 0 Å². The molecule has 0 spiro atoms.